The van der Waals surface area contributed by atoms with E-state index in [0.717, 1.165) is 24.8 Å². The molecular weight excluding hydrogens is 434 g/mol. The molecule has 0 unspecified atom stereocenters. The van der Waals surface area contributed by atoms with E-state index in [4.69, 9.17) is 18.4 Å². The molecule has 1 amide bonds. The van der Waals surface area contributed by atoms with E-state index in [1.54, 1.807) is 42.3 Å². The first-order valence-corrected chi connectivity index (χ1v) is 11.8. The number of hydrogen-bond donors (Lipinski definition) is 0. The predicted octanol–water partition coefficient (Wildman–Crippen LogP) is 3.25. The van der Waals surface area contributed by atoms with Crippen LogP contribution in [0.25, 0.3) is 0 Å². The number of benzene rings is 2. The molecule has 0 atom stereocenters. The molecule has 1 aliphatic rings. The van der Waals surface area contributed by atoms with Gasteiger partial charge in [0.1, 0.15) is 10.6 Å². The number of hydrogen-bond acceptors (Lipinski definition) is 7. The lowest BCUT2D eigenvalue weighted by Crippen LogP contribution is -2.40. The van der Waals surface area contributed by atoms with Crippen molar-refractivity contribution < 1.29 is 31.6 Å². The van der Waals surface area contributed by atoms with E-state index in [0.29, 0.717) is 25.4 Å². The minimum atomic E-state index is -4.09. The molecule has 1 fully saturated rings. The first-order chi connectivity index (χ1) is 15.4. The Balaban J connectivity index is 1.82. The lowest BCUT2D eigenvalue weighted by atomic mass is 9.84. The molecule has 0 spiro atoms. The number of nitrogens with zero attached hydrogens (tertiary/aromatic N) is 1. The third kappa shape index (κ3) is 5.72. The fourth-order valence-corrected chi connectivity index (χ4v) is 4.33. The molecule has 174 valence electrons. The Hall–Kier alpha value is -2.78. The lowest BCUT2D eigenvalue weighted by molar-refractivity contribution is -0.139. The van der Waals surface area contributed by atoms with Gasteiger partial charge in [-0.15, -0.1) is 0 Å². The van der Waals surface area contributed by atoms with Gasteiger partial charge in [-0.05, 0) is 54.8 Å². The SMILES string of the molecule is COCCN(Cc1ccc(OC)c(OS(=O)(=O)c2ccc(OC)cc2)c1)C(=O)C1CCC1. The molecule has 32 heavy (non-hydrogen) atoms. The summed E-state index contributed by atoms with van der Waals surface area (Å²) in [5.74, 6) is 1.02. The maximum absolute atomic E-state index is 12.8. The van der Waals surface area contributed by atoms with Crippen LogP contribution in [0.15, 0.2) is 47.4 Å². The smallest absolute Gasteiger partial charge is 0.339 e. The Morgan fingerprint density at radius 2 is 1.72 bits per heavy atom. The van der Waals surface area contributed by atoms with Crippen LogP contribution in [0, 0.1) is 5.92 Å². The Morgan fingerprint density at radius 1 is 1.00 bits per heavy atom. The van der Waals surface area contributed by atoms with Crippen molar-refractivity contribution in [1.29, 1.82) is 0 Å². The van der Waals surface area contributed by atoms with Crippen molar-refractivity contribution in [3.05, 3.63) is 48.0 Å². The maximum Gasteiger partial charge on any atom is 0.339 e. The summed E-state index contributed by atoms with van der Waals surface area (Å²) in [5, 5.41) is 0. The van der Waals surface area contributed by atoms with Gasteiger partial charge in [0, 0.05) is 26.1 Å². The highest BCUT2D eigenvalue weighted by Gasteiger charge is 2.29. The molecule has 0 aliphatic heterocycles. The van der Waals surface area contributed by atoms with Crippen molar-refractivity contribution >= 4 is 16.0 Å². The molecule has 0 N–H and O–H groups in total. The van der Waals surface area contributed by atoms with Crippen LogP contribution in [-0.4, -0.2) is 53.7 Å². The number of carbonyl (C=O) groups is 1. The van der Waals surface area contributed by atoms with Crippen LogP contribution in [-0.2, 0) is 26.2 Å². The van der Waals surface area contributed by atoms with Crippen molar-refractivity contribution in [1.82, 2.24) is 4.90 Å². The molecule has 2 aromatic rings. The third-order valence-corrected chi connectivity index (χ3v) is 6.73. The normalized spacial score (nSPS) is 13.8. The molecule has 2 aromatic carbocycles. The molecule has 0 saturated heterocycles. The second-order valence-electron chi connectivity index (χ2n) is 7.58. The second-order valence-corrected chi connectivity index (χ2v) is 9.12. The van der Waals surface area contributed by atoms with Gasteiger partial charge in [0.15, 0.2) is 11.5 Å². The summed E-state index contributed by atoms with van der Waals surface area (Å²) >= 11 is 0. The quantitative estimate of drug-likeness (QED) is 0.473. The van der Waals surface area contributed by atoms with E-state index < -0.39 is 10.1 Å². The summed E-state index contributed by atoms with van der Waals surface area (Å²) < 4.78 is 46.5. The monoisotopic (exact) mass is 463 g/mol. The van der Waals surface area contributed by atoms with Gasteiger partial charge < -0.3 is 23.3 Å². The number of carbonyl (C=O) groups excluding carboxylic acids is 1. The van der Waals surface area contributed by atoms with Gasteiger partial charge in [-0.1, -0.05) is 12.5 Å². The van der Waals surface area contributed by atoms with Gasteiger partial charge in [0.25, 0.3) is 0 Å². The van der Waals surface area contributed by atoms with E-state index >= 15 is 0 Å². The summed E-state index contributed by atoms with van der Waals surface area (Å²) in [6, 6.07) is 10.9. The van der Waals surface area contributed by atoms with Crippen LogP contribution in [0.3, 0.4) is 0 Å². The molecule has 0 radical (unpaired) electrons. The summed E-state index contributed by atoms with van der Waals surface area (Å²) in [7, 11) is 0.441. The minimum absolute atomic E-state index is 0.00682. The Bertz CT molecular complexity index is 1020. The van der Waals surface area contributed by atoms with E-state index in [-0.39, 0.29) is 28.2 Å². The fraction of sp³-hybridized carbons (Fsp3) is 0.435. The minimum Gasteiger partial charge on any atom is -0.497 e. The van der Waals surface area contributed by atoms with Gasteiger partial charge in [0.2, 0.25) is 5.91 Å². The third-order valence-electron chi connectivity index (χ3n) is 5.48. The summed E-state index contributed by atoms with van der Waals surface area (Å²) in [6.45, 7) is 1.20. The largest absolute Gasteiger partial charge is 0.497 e. The van der Waals surface area contributed by atoms with Gasteiger partial charge in [-0.2, -0.15) is 8.42 Å². The van der Waals surface area contributed by atoms with Gasteiger partial charge in [-0.3, -0.25) is 4.79 Å². The first kappa shape index (κ1) is 23.9. The van der Waals surface area contributed by atoms with Crippen LogP contribution >= 0.6 is 0 Å². The Morgan fingerprint density at radius 3 is 2.28 bits per heavy atom. The van der Waals surface area contributed by atoms with Crippen molar-refractivity contribution in [2.75, 3.05) is 34.5 Å². The first-order valence-electron chi connectivity index (χ1n) is 10.4. The molecule has 8 nitrogen and oxygen atoms in total. The van der Waals surface area contributed by atoms with Gasteiger partial charge >= 0.3 is 10.1 Å². The van der Waals surface area contributed by atoms with Crippen molar-refractivity contribution in [3.8, 4) is 17.2 Å². The maximum atomic E-state index is 12.8. The Kier molecular flexibility index (Phi) is 7.98. The molecule has 1 aliphatic carbocycles. The van der Waals surface area contributed by atoms with Gasteiger partial charge in [-0.25, -0.2) is 0 Å². The molecule has 0 bridgehead atoms. The van der Waals surface area contributed by atoms with Crippen molar-refractivity contribution in [2.45, 2.75) is 30.7 Å². The van der Waals surface area contributed by atoms with E-state index in [9.17, 15) is 13.2 Å². The average Bonchev–Trinajstić information content (AvgIpc) is 2.75. The van der Waals surface area contributed by atoms with Crippen LogP contribution in [0.5, 0.6) is 17.2 Å². The zero-order valence-corrected chi connectivity index (χ0v) is 19.4. The van der Waals surface area contributed by atoms with Gasteiger partial charge in [0.05, 0.1) is 20.8 Å². The zero-order valence-electron chi connectivity index (χ0n) is 18.6. The summed E-state index contributed by atoms with van der Waals surface area (Å²) in [5.41, 5.74) is 0.731. The molecule has 3 rings (SSSR count). The van der Waals surface area contributed by atoms with Crippen molar-refractivity contribution in [3.63, 3.8) is 0 Å². The number of rotatable bonds is 11. The zero-order chi connectivity index (χ0) is 23.1. The highest BCUT2D eigenvalue weighted by atomic mass is 32.2. The highest BCUT2D eigenvalue weighted by molar-refractivity contribution is 7.87. The van der Waals surface area contributed by atoms with E-state index in [2.05, 4.69) is 0 Å². The summed E-state index contributed by atoms with van der Waals surface area (Å²) in [6.07, 6.45) is 2.87. The molecule has 0 aromatic heterocycles. The predicted molar refractivity (Wildman–Crippen MR) is 118 cm³/mol. The van der Waals surface area contributed by atoms with Crippen LogP contribution in [0.1, 0.15) is 24.8 Å². The molecule has 0 heterocycles. The molecule has 1 saturated carbocycles. The van der Waals surface area contributed by atoms with E-state index in [1.165, 1.54) is 26.4 Å². The topological polar surface area (TPSA) is 91.4 Å². The van der Waals surface area contributed by atoms with E-state index in [1.807, 2.05) is 0 Å². The summed E-state index contributed by atoms with van der Waals surface area (Å²) in [4.78, 5) is 14.6. The van der Waals surface area contributed by atoms with Crippen LogP contribution in [0.4, 0.5) is 0 Å². The highest BCUT2D eigenvalue weighted by Crippen LogP contribution is 2.33. The Labute approximate surface area is 189 Å². The second kappa shape index (κ2) is 10.7. The van der Waals surface area contributed by atoms with Crippen molar-refractivity contribution in [2.24, 2.45) is 5.92 Å². The van der Waals surface area contributed by atoms with Crippen LogP contribution in [0.2, 0.25) is 0 Å². The standard InChI is InChI=1S/C23H29NO7S/c1-28-14-13-24(23(25)18-5-4-6-18)16-17-7-12-21(30-3)22(15-17)31-32(26,27)20-10-8-19(29-2)9-11-20/h7-12,15,18H,4-6,13-14,16H2,1-3H3. The van der Waals surface area contributed by atoms with Crippen LogP contribution < -0.4 is 13.7 Å². The number of ether oxygens (including phenoxy) is 3. The molecule has 9 heteroatoms. The average molecular weight is 464 g/mol. The molecular formula is C23H29NO7S. The fourth-order valence-electron chi connectivity index (χ4n) is 3.40. The lowest BCUT2D eigenvalue weighted by Gasteiger charge is -2.31. The number of amides is 1. The number of methoxy groups -OCH3 is 3.